The van der Waals surface area contributed by atoms with Gasteiger partial charge in [0.05, 0.1) is 35.0 Å². The fourth-order valence-corrected chi connectivity index (χ4v) is 4.48. The first-order valence-corrected chi connectivity index (χ1v) is 11.5. The molecule has 1 atom stereocenters. The number of ether oxygens (including phenoxy) is 1. The van der Waals surface area contributed by atoms with Crippen LogP contribution in [0.4, 0.5) is 0 Å². The van der Waals surface area contributed by atoms with Crippen LogP contribution in [-0.4, -0.2) is 33.4 Å². The Balaban J connectivity index is 1.71. The van der Waals surface area contributed by atoms with Crippen molar-refractivity contribution in [1.82, 2.24) is 14.9 Å². The molecule has 1 heterocycles. The molecule has 0 saturated heterocycles. The number of carbonyl (C=O) groups excluding carboxylic acids is 1. The molecule has 164 valence electrons. The SMILES string of the molecule is CCOc1ccccc1-n1c(SCC(=O)N[C@](C)(C#N)C2CC2)nc2ccccc2c1=O. The number of nitriles is 1. The number of rotatable bonds is 8. The molecule has 0 aliphatic heterocycles. The fraction of sp³-hybridized carbons (Fsp3) is 0.333. The number of hydrogen-bond donors (Lipinski definition) is 1. The van der Waals surface area contributed by atoms with E-state index < -0.39 is 5.54 Å². The lowest BCUT2D eigenvalue weighted by Gasteiger charge is -2.23. The van der Waals surface area contributed by atoms with E-state index in [9.17, 15) is 14.9 Å². The number of para-hydroxylation sites is 3. The van der Waals surface area contributed by atoms with Crippen LogP contribution in [0.2, 0.25) is 0 Å². The second-order valence-corrected chi connectivity index (χ2v) is 8.82. The van der Waals surface area contributed by atoms with Crippen molar-refractivity contribution < 1.29 is 9.53 Å². The molecule has 1 aliphatic rings. The minimum atomic E-state index is -0.865. The van der Waals surface area contributed by atoms with Crippen LogP contribution in [0.1, 0.15) is 26.7 Å². The lowest BCUT2D eigenvalue weighted by Crippen LogP contribution is -2.47. The van der Waals surface area contributed by atoms with Crippen molar-refractivity contribution in [2.75, 3.05) is 12.4 Å². The number of amides is 1. The van der Waals surface area contributed by atoms with Crippen molar-refractivity contribution >= 4 is 28.6 Å². The Morgan fingerprint density at radius 1 is 1.28 bits per heavy atom. The first-order valence-electron chi connectivity index (χ1n) is 10.6. The van der Waals surface area contributed by atoms with Crippen LogP contribution in [0, 0.1) is 17.2 Å². The highest BCUT2D eigenvalue weighted by Crippen LogP contribution is 2.39. The molecule has 4 rings (SSSR count). The minimum absolute atomic E-state index is 0.0333. The molecule has 3 aromatic rings. The number of aromatic nitrogens is 2. The van der Waals surface area contributed by atoms with E-state index in [0.717, 1.165) is 24.6 Å². The predicted molar refractivity (Wildman–Crippen MR) is 124 cm³/mol. The molecule has 1 amide bonds. The van der Waals surface area contributed by atoms with Gasteiger partial charge in [0.2, 0.25) is 5.91 Å². The molecule has 1 N–H and O–H groups in total. The largest absolute Gasteiger partial charge is 0.492 e. The van der Waals surface area contributed by atoms with Crippen LogP contribution in [0.3, 0.4) is 0 Å². The van der Waals surface area contributed by atoms with Gasteiger partial charge in [-0.3, -0.25) is 14.2 Å². The van der Waals surface area contributed by atoms with E-state index >= 15 is 0 Å². The standard InChI is InChI=1S/C24H24N4O3S/c1-3-31-20-11-7-6-10-19(20)28-22(30)17-8-4-5-9-18(17)26-23(28)32-14-21(29)27-24(2,15-25)16-12-13-16/h4-11,16H,3,12-14H2,1-2H3,(H,27,29)/t24-/m1/s1. The molecular formula is C24H24N4O3S. The number of carbonyl (C=O) groups is 1. The molecule has 1 aromatic heterocycles. The molecule has 0 radical (unpaired) electrons. The Bertz CT molecular complexity index is 1260. The molecule has 8 heteroatoms. The van der Waals surface area contributed by atoms with Crippen LogP contribution in [0.5, 0.6) is 5.75 Å². The molecule has 32 heavy (non-hydrogen) atoms. The van der Waals surface area contributed by atoms with E-state index in [-0.39, 0.29) is 23.1 Å². The highest BCUT2D eigenvalue weighted by molar-refractivity contribution is 7.99. The van der Waals surface area contributed by atoms with Crippen molar-refractivity contribution in [2.24, 2.45) is 5.92 Å². The zero-order valence-electron chi connectivity index (χ0n) is 18.0. The van der Waals surface area contributed by atoms with Crippen LogP contribution < -0.4 is 15.6 Å². The number of thioether (sulfide) groups is 1. The second-order valence-electron chi connectivity index (χ2n) is 7.88. The normalized spacial score (nSPS) is 15.0. The predicted octanol–water partition coefficient (Wildman–Crippen LogP) is 3.68. The van der Waals surface area contributed by atoms with E-state index in [2.05, 4.69) is 16.4 Å². The van der Waals surface area contributed by atoms with Crippen LogP contribution in [0.25, 0.3) is 16.6 Å². The summed E-state index contributed by atoms with van der Waals surface area (Å²) in [6.45, 7) is 4.09. The molecule has 0 unspecified atom stereocenters. The molecule has 2 aromatic carbocycles. The van der Waals surface area contributed by atoms with Gasteiger partial charge in [0, 0.05) is 0 Å². The first kappa shape index (κ1) is 21.9. The zero-order chi connectivity index (χ0) is 22.7. The Labute approximate surface area is 190 Å². The maximum atomic E-state index is 13.4. The molecule has 7 nitrogen and oxygen atoms in total. The molecular weight excluding hydrogens is 424 g/mol. The summed E-state index contributed by atoms with van der Waals surface area (Å²) in [5.74, 6) is 0.520. The monoisotopic (exact) mass is 448 g/mol. The smallest absolute Gasteiger partial charge is 0.266 e. The van der Waals surface area contributed by atoms with Gasteiger partial charge in [0.15, 0.2) is 5.16 Å². The summed E-state index contributed by atoms with van der Waals surface area (Å²) >= 11 is 1.16. The Morgan fingerprint density at radius 3 is 2.72 bits per heavy atom. The zero-order valence-corrected chi connectivity index (χ0v) is 18.8. The van der Waals surface area contributed by atoms with Gasteiger partial charge in [-0.2, -0.15) is 5.26 Å². The Morgan fingerprint density at radius 2 is 2.00 bits per heavy atom. The topological polar surface area (TPSA) is 97.0 Å². The third-order valence-electron chi connectivity index (χ3n) is 5.51. The average Bonchev–Trinajstić information content (AvgIpc) is 3.65. The Hall–Kier alpha value is -3.31. The van der Waals surface area contributed by atoms with Gasteiger partial charge in [-0.15, -0.1) is 0 Å². The van der Waals surface area contributed by atoms with Gasteiger partial charge >= 0.3 is 0 Å². The van der Waals surface area contributed by atoms with Crippen molar-refractivity contribution in [1.29, 1.82) is 5.26 Å². The van der Waals surface area contributed by atoms with Gasteiger partial charge in [0.1, 0.15) is 11.3 Å². The van der Waals surface area contributed by atoms with Crippen LogP contribution in [-0.2, 0) is 4.79 Å². The third kappa shape index (κ3) is 4.34. The van der Waals surface area contributed by atoms with Crippen LogP contribution in [0.15, 0.2) is 58.5 Å². The van der Waals surface area contributed by atoms with E-state index in [4.69, 9.17) is 4.74 Å². The maximum Gasteiger partial charge on any atom is 0.266 e. The summed E-state index contributed by atoms with van der Waals surface area (Å²) in [6.07, 6.45) is 1.88. The van der Waals surface area contributed by atoms with Crippen molar-refractivity contribution in [3.63, 3.8) is 0 Å². The van der Waals surface area contributed by atoms with E-state index in [1.807, 2.05) is 25.1 Å². The van der Waals surface area contributed by atoms with Gasteiger partial charge in [0.25, 0.3) is 5.56 Å². The fourth-order valence-electron chi connectivity index (χ4n) is 3.68. The average molecular weight is 449 g/mol. The summed E-state index contributed by atoms with van der Waals surface area (Å²) in [7, 11) is 0. The number of nitrogens with zero attached hydrogens (tertiary/aromatic N) is 3. The lowest BCUT2D eigenvalue weighted by atomic mass is 9.98. The number of benzene rings is 2. The lowest BCUT2D eigenvalue weighted by molar-refractivity contribution is -0.119. The maximum absolute atomic E-state index is 13.4. The second kappa shape index (κ2) is 9.05. The summed E-state index contributed by atoms with van der Waals surface area (Å²) in [5.41, 5.74) is 0.0339. The quantitative estimate of drug-likeness (QED) is 0.417. The molecule has 1 fully saturated rings. The van der Waals surface area contributed by atoms with E-state index in [1.54, 1.807) is 37.3 Å². The van der Waals surface area contributed by atoms with E-state index in [0.29, 0.717) is 34.1 Å². The van der Waals surface area contributed by atoms with E-state index in [1.165, 1.54) is 4.57 Å². The van der Waals surface area contributed by atoms with Gasteiger partial charge in [-0.1, -0.05) is 36.0 Å². The summed E-state index contributed by atoms with van der Waals surface area (Å²) in [4.78, 5) is 30.8. The highest BCUT2D eigenvalue weighted by Gasteiger charge is 2.43. The van der Waals surface area contributed by atoms with Gasteiger partial charge in [-0.05, 0) is 56.9 Å². The third-order valence-corrected chi connectivity index (χ3v) is 6.45. The summed E-state index contributed by atoms with van der Waals surface area (Å²) in [5, 5.41) is 13.2. The summed E-state index contributed by atoms with van der Waals surface area (Å²) < 4.78 is 7.24. The number of hydrogen-bond acceptors (Lipinski definition) is 6. The molecule has 0 bridgehead atoms. The van der Waals surface area contributed by atoms with Crippen molar-refractivity contribution in [2.45, 2.75) is 37.4 Å². The van der Waals surface area contributed by atoms with Gasteiger partial charge in [-0.25, -0.2) is 4.98 Å². The number of fused-ring (bicyclic) bond motifs is 1. The van der Waals surface area contributed by atoms with Gasteiger partial charge < -0.3 is 10.1 Å². The first-order chi connectivity index (χ1) is 15.5. The molecule has 0 spiro atoms. The molecule has 1 aliphatic carbocycles. The summed E-state index contributed by atoms with van der Waals surface area (Å²) in [6, 6.07) is 16.6. The van der Waals surface area contributed by atoms with Crippen LogP contribution >= 0.6 is 11.8 Å². The molecule has 1 saturated carbocycles. The Kier molecular flexibility index (Phi) is 6.19. The van der Waals surface area contributed by atoms with Crippen molar-refractivity contribution in [3.8, 4) is 17.5 Å². The minimum Gasteiger partial charge on any atom is -0.492 e. The van der Waals surface area contributed by atoms with Crippen molar-refractivity contribution in [3.05, 3.63) is 58.9 Å². The highest BCUT2D eigenvalue weighted by atomic mass is 32.2. The number of nitrogens with one attached hydrogen (secondary N) is 1.